The number of ether oxygens (including phenoxy) is 1. The highest BCUT2D eigenvalue weighted by molar-refractivity contribution is 9.24. The molecule has 0 aliphatic heterocycles. The molecular formula is C10H10Br2O2. The zero-order valence-corrected chi connectivity index (χ0v) is 10.8. The van der Waals surface area contributed by atoms with Crippen molar-refractivity contribution in [3.8, 4) is 0 Å². The molecule has 0 radical (unpaired) electrons. The monoisotopic (exact) mass is 320 g/mol. The van der Waals surface area contributed by atoms with Crippen LogP contribution in [0.25, 0.3) is 0 Å². The van der Waals surface area contributed by atoms with Crippen LogP contribution in [0.4, 0.5) is 0 Å². The van der Waals surface area contributed by atoms with Crippen LogP contribution in [-0.4, -0.2) is 12.6 Å². The maximum absolute atomic E-state index is 11.5. The van der Waals surface area contributed by atoms with Gasteiger partial charge in [0.2, 0.25) is 0 Å². The van der Waals surface area contributed by atoms with Gasteiger partial charge in [-0.25, -0.2) is 4.79 Å². The Labute approximate surface area is 99.9 Å². The number of halogens is 2. The van der Waals surface area contributed by atoms with Crippen LogP contribution in [0.3, 0.4) is 0 Å². The van der Waals surface area contributed by atoms with Crippen molar-refractivity contribution in [3.05, 3.63) is 35.4 Å². The minimum atomic E-state index is -0.285. The summed E-state index contributed by atoms with van der Waals surface area (Å²) < 4.78 is 4.91. The highest BCUT2D eigenvalue weighted by Crippen LogP contribution is 2.31. The van der Waals surface area contributed by atoms with E-state index in [4.69, 9.17) is 4.74 Å². The molecule has 0 saturated heterocycles. The van der Waals surface area contributed by atoms with Crippen LogP contribution in [0, 0.1) is 0 Å². The Morgan fingerprint density at radius 3 is 2.64 bits per heavy atom. The lowest BCUT2D eigenvalue weighted by Gasteiger charge is -2.08. The van der Waals surface area contributed by atoms with E-state index in [1.807, 2.05) is 18.2 Å². The first-order chi connectivity index (χ1) is 6.66. The highest BCUT2D eigenvalue weighted by atomic mass is 79.9. The van der Waals surface area contributed by atoms with Crippen molar-refractivity contribution in [2.75, 3.05) is 6.61 Å². The molecule has 0 fully saturated rings. The first kappa shape index (κ1) is 11.7. The molecule has 0 heterocycles. The lowest BCUT2D eigenvalue weighted by atomic mass is 10.1. The Morgan fingerprint density at radius 2 is 2.07 bits per heavy atom. The van der Waals surface area contributed by atoms with Gasteiger partial charge in [0.15, 0.2) is 0 Å². The Bertz CT molecular complexity index is 324. The van der Waals surface area contributed by atoms with Gasteiger partial charge in [0, 0.05) is 0 Å². The molecule has 0 bridgehead atoms. The van der Waals surface area contributed by atoms with E-state index in [-0.39, 0.29) is 9.71 Å². The quantitative estimate of drug-likeness (QED) is 0.627. The Kier molecular flexibility index (Phi) is 4.62. The maximum atomic E-state index is 11.5. The van der Waals surface area contributed by atoms with Gasteiger partial charge in [-0.05, 0) is 18.6 Å². The van der Waals surface area contributed by atoms with Crippen molar-refractivity contribution in [2.24, 2.45) is 0 Å². The molecule has 14 heavy (non-hydrogen) atoms. The Balaban J connectivity index is 3.00. The van der Waals surface area contributed by atoms with Crippen LogP contribution < -0.4 is 0 Å². The van der Waals surface area contributed by atoms with Crippen molar-refractivity contribution < 1.29 is 9.53 Å². The summed E-state index contributed by atoms with van der Waals surface area (Å²) in [6, 6.07) is 7.33. The van der Waals surface area contributed by atoms with Crippen LogP contribution >= 0.6 is 31.9 Å². The van der Waals surface area contributed by atoms with Gasteiger partial charge in [0.05, 0.1) is 15.9 Å². The molecule has 0 aliphatic carbocycles. The molecule has 1 aromatic rings. The van der Waals surface area contributed by atoms with Gasteiger partial charge in [0.1, 0.15) is 0 Å². The standard InChI is InChI=1S/C10H10Br2O2/c1-2-14-10(13)8-6-4-3-5-7(8)9(11)12/h3-6,9H,2H2,1H3. The second-order valence-corrected chi connectivity index (χ2v) is 5.67. The molecule has 4 heteroatoms. The lowest BCUT2D eigenvalue weighted by molar-refractivity contribution is 0.0525. The SMILES string of the molecule is CCOC(=O)c1ccccc1C(Br)Br. The van der Waals surface area contributed by atoms with E-state index >= 15 is 0 Å². The molecule has 2 nitrogen and oxygen atoms in total. The van der Waals surface area contributed by atoms with E-state index in [0.717, 1.165) is 5.56 Å². The molecule has 1 aromatic carbocycles. The molecule has 0 saturated carbocycles. The number of esters is 1. The topological polar surface area (TPSA) is 26.3 Å². The Hall–Kier alpha value is -0.350. The van der Waals surface area contributed by atoms with Crippen LogP contribution in [0.5, 0.6) is 0 Å². The summed E-state index contributed by atoms with van der Waals surface area (Å²) in [6.07, 6.45) is 0. The summed E-state index contributed by atoms with van der Waals surface area (Å²) >= 11 is 6.72. The Morgan fingerprint density at radius 1 is 1.43 bits per heavy atom. The number of hydrogen-bond acceptors (Lipinski definition) is 2. The van der Waals surface area contributed by atoms with Crippen molar-refractivity contribution in [2.45, 2.75) is 10.7 Å². The molecular weight excluding hydrogens is 312 g/mol. The predicted molar refractivity (Wildman–Crippen MR) is 63.0 cm³/mol. The maximum Gasteiger partial charge on any atom is 0.338 e. The minimum absolute atomic E-state index is 0.0318. The number of carbonyl (C=O) groups excluding carboxylic acids is 1. The fourth-order valence-electron chi connectivity index (χ4n) is 1.08. The van der Waals surface area contributed by atoms with Gasteiger partial charge >= 0.3 is 5.97 Å². The summed E-state index contributed by atoms with van der Waals surface area (Å²) in [5.74, 6) is -0.285. The van der Waals surface area contributed by atoms with Gasteiger partial charge in [0.25, 0.3) is 0 Å². The number of benzene rings is 1. The van der Waals surface area contributed by atoms with E-state index in [1.54, 1.807) is 13.0 Å². The minimum Gasteiger partial charge on any atom is -0.462 e. The molecule has 76 valence electrons. The van der Waals surface area contributed by atoms with Crippen LogP contribution in [0.15, 0.2) is 24.3 Å². The number of rotatable bonds is 3. The van der Waals surface area contributed by atoms with Gasteiger partial charge in [-0.3, -0.25) is 0 Å². The van der Waals surface area contributed by atoms with Gasteiger partial charge in [-0.2, -0.15) is 0 Å². The van der Waals surface area contributed by atoms with Crippen LogP contribution in [-0.2, 0) is 4.74 Å². The average molecular weight is 322 g/mol. The molecule has 0 aromatic heterocycles. The smallest absolute Gasteiger partial charge is 0.338 e. The van der Waals surface area contributed by atoms with E-state index < -0.39 is 0 Å². The molecule has 0 N–H and O–H groups in total. The van der Waals surface area contributed by atoms with E-state index in [0.29, 0.717) is 12.2 Å². The molecule has 0 aliphatic rings. The summed E-state index contributed by atoms with van der Waals surface area (Å²) in [7, 11) is 0. The van der Waals surface area contributed by atoms with Crippen LogP contribution in [0.1, 0.15) is 26.6 Å². The van der Waals surface area contributed by atoms with Gasteiger partial charge in [-0.1, -0.05) is 50.1 Å². The fourth-order valence-corrected chi connectivity index (χ4v) is 1.88. The molecule has 0 atom stereocenters. The average Bonchev–Trinajstić information content (AvgIpc) is 2.18. The third kappa shape index (κ3) is 2.82. The van der Waals surface area contributed by atoms with E-state index in [9.17, 15) is 4.79 Å². The van der Waals surface area contributed by atoms with Crippen molar-refractivity contribution in [1.29, 1.82) is 0 Å². The summed E-state index contributed by atoms with van der Waals surface area (Å²) in [5, 5.41) is 0. The largest absolute Gasteiger partial charge is 0.462 e. The predicted octanol–water partition coefficient (Wildman–Crippen LogP) is 3.65. The fraction of sp³-hybridized carbons (Fsp3) is 0.300. The zero-order valence-electron chi connectivity index (χ0n) is 7.67. The van der Waals surface area contributed by atoms with Crippen molar-refractivity contribution >= 4 is 37.8 Å². The number of alkyl halides is 2. The molecule has 0 spiro atoms. The van der Waals surface area contributed by atoms with Crippen molar-refractivity contribution in [3.63, 3.8) is 0 Å². The van der Waals surface area contributed by atoms with E-state index in [1.165, 1.54) is 0 Å². The molecule has 1 rings (SSSR count). The summed E-state index contributed by atoms with van der Waals surface area (Å²) in [6.45, 7) is 2.18. The van der Waals surface area contributed by atoms with Gasteiger partial charge in [-0.15, -0.1) is 0 Å². The van der Waals surface area contributed by atoms with E-state index in [2.05, 4.69) is 31.9 Å². The number of hydrogen-bond donors (Lipinski definition) is 0. The van der Waals surface area contributed by atoms with Gasteiger partial charge < -0.3 is 4.74 Å². The first-order valence-corrected chi connectivity index (χ1v) is 6.04. The highest BCUT2D eigenvalue weighted by Gasteiger charge is 2.15. The summed E-state index contributed by atoms with van der Waals surface area (Å²) in [5.41, 5.74) is 1.47. The first-order valence-electron chi connectivity index (χ1n) is 4.21. The molecule has 0 amide bonds. The molecule has 0 unspecified atom stereocenters. The zero-order chi connectivity index (χ0) is 10.6. The lowest BCUT2D eigenvalue weighted by Crippen LogP contribution is -2.07. The number of carbonyl (C=O) groups is 1. The van der Waals surface area contributed by atoms with Crippen LogP contribution in [0.2, 0.25) is 0 Å². The second kappa shape index (κ2) is 5.51. The normalized spacial score (nSPS) is 10.3. The third-order valence-corrected chi connectivity index (χ3v) is 2.68. The van der Waals surface area contributed by atoms with Crippen molar-refractivity contribution in [1.82, 2.24) is 0 Å². The third-order valence-electron chi connectivity index (χ3n) is 1.69. The summed E-state index contributed by atoms with van der Waals surface area (Å²) in [4.78, 5) is 11.5. The second-order valence-electron chi connectivity index (χ2n) is 2.61.